The number of aromatic nitrogens is 3. The van der Waals surface area contributed by atoms with Crippen molar-refractivity contribution < 1.29 is 9.90 Å². The molecule has 1 aromatic carbocycles. The van der Waals surface area contributed by atoms with E-state index in [1.165, 1.54) is 11.8 Å². The Morgan fingerprint density at radius 1 is 1.28 bits per heavy atom. The van der Waals surface area contributed by atoms with Crippen molar-refractivity contribution in [1.82, 2.24) is 14.8 Å². The number of rotatable bonds is 2. The Hall–Kier alpha value is -2.80. The van der Waals surface area contributed by atoms with Gasteiger partial charge in [-0.2, -0.15) is 9.78 Å². The van der Waals surface area contributed by atoms with Gasteiger partial charge < -0.3 is 10.4 Å². The van der Waals surface area contributed by atoms with Crippen LogP contribution in [0.25, 0.3) is 5.82 Å². The molecule has 4 rings (SSSR count). The van der Waals surface area contributed by atoms with E-state index in [0.717, 1.165) is 16.8 Å². The highest BCUT2D eigenvalue weighted by Gasteiger charge is 2.30. The van der Waals surface area contributed by atoms with Crippen molar-refractivity contribution in [3.63, 3.8) is 0 Å². The molecule has 6 nitrogen and oxygen atoms in total. The molecule has 2 aromatic heterocycles. The van der Waals surface area contributed by atoms with Gasteiger partial charge >= 0.3 is 0 Å². The van der Waals surface area contributed by atoms with Crippen LogP contribution in [0.1, 0.15) is 22.1 Å². The van der Waals surface area contributed by atoms with Crippen molar-refractivity contribution in [2.45, 2.75) is 12.2 Å². The molecule has 0 fully saturated rings. The quantitative estimate of drug-likeness (QED) is 0.741. The molecule has 126 valence electrons. The number of amides is 1. The third kappa shape index (κ3) is 2.87. The van der Waals surface area contributed by atoms with Crippen LogP contribution in [-0.4, -0.2) is 31.5 Å². The number of phenols is 1. The van der Waals surface area contributed by atoms with E-state index in [1.807, 2.05) is 37.3 Å². The van der Waals surface area contributed by atoms with E-state index in [9.17, 15) is 9.90 Å². The molecule has 0 saturated heterocycles. The Morgan fingerprint density at radius 3 is 2.92 bits per heavy atom. The van der Waals surface area contributed by atoms with E-state index in [2.05, 4.69) is 15.4 Å². The highest BCUT2D eigenvalue weighted by molar-refractivity contribution is 8.00. The first-order valence-corrected chi connectivity index (χ1v) is 8.89. The zero-order valence-electron chi connectivity index (χ0n) is 13.5. The van der Waals surface area contributed by atoms with E-state index < -0.39 is 0 Å². The van der Waals surface area contributed by atoms with Gasteiger partial charge in [0.05, 0.1) is 16.7 Å². The summed E-state index contributed by atoms with van der Waals surface area (Å²) in [4.78, 5) is 16.6. The van der Waals surface area contributed by atoms with Gasteiger partial charge in [-0.3, -0.25) is 4.79 Å². The summed E-state index contributed by atoms with van der Waals surface area (Å²) in [5, 5.41) is 17.3. The molecule has 7 heteroatoms. The van der Waals surface area contributed by atoms with Crippen LogP contribution in [0, 0.1) is 6.92 Å². The zero-order chi connectivity index (χ0) is 17.4. The maximum absolute atomic E-state index is 12.2. The Bertz CT molecular complexity index is 940. The van der Waals surface area contributed by atoms with Gasteiger partial charge in [-0.15, -0.1) is 11.8 Å². The largest absolute Gasteiger partial charge is 0.508 e. The zero-order valence-corrected chi connectivity index (χ0v) is 14.3. The number of hydrogen-bond donors (Lipinski definition) is 2. The monoisotopic (exact) mass is 352 g/mol. The fourth-order valence-electron chi connectivity index (χ4n) is 2.98. The molecule has 0 aliphatic carbocycles. The van der Waals surface area contributed by atoms with Crippen molar-refractivity contribution in [2.75, 3.05) is 11.1 Å². The molecule has 0 spiro atoms. The molecular formula is C18H16N4O2S. The summed E-state index contributed by atoms with van der Waals surface area (Å²) in [5.74, 6) is 1.74. The minimum absolute atomic E-state index is 0.0778. The lowest BCUT2D eigenvalue weighted by Crippen LogP contribution is -2.16. The number of phenolic OH excluding ortho intramolecular Hbond substituents is 1. The normalized spacial score (nSPS) is 16.8. The number of thioether (sulfide) groups is 1. The first-order valence-electron chi connectivity index (χ1n) is 7.85. The van der Waals surface area contributed by atoms with Crippen molar-refractivity contribution in [3.8, 4) is 11.6 Å². The first kappa shape index (κ1) is 15.7. The highest BCUT2D eigenvalue weighted by atomic mass is 32.2. The van der Waals surface area contributed by atoms with Gasteiger partial charge in [0.1, 0.15) is 11.6 Å². The lowest BCUT2D eigenvalue weighted by Gasteiger charge is -2.15. The average Bonchev–Trinajstić information content (AvgIpc) is 2.82. The van der Waals surface area contributed by atoms with E-state index in [-0.39, 0.29) is 16.9 Å². The molecule has 3 heterocycles. The molecular weight excluding hydrogens is 336 g/mol. The van der Waals surface area contributed by atoms with Crippen LogP contribution in [0.4, 0.5) is 5.82 Å². The first-order chi connectivity index (χ1) is 12.1. The summed E-state index contributed by atoms with van der Waals surface area (Å²) in [6.45, 7) is 1.92. The van der Waals surface area contributed by atoms with E-state index in [0.29, 0.717) is 17.4 Å². The molecule has 1 atom stereocenters. The van der Waals surface area contributed by atoms with Gasteiger partial charge in [-0.1, -0.05) is 18.2 Å². The molecule has 2 N–H and O–H groups in total. The number of carbonyl (C=O) groups is 1. The van der Waals surface area contributed by atoms with E-state index in [4.69, 9.17) is 0 Å². The van der Waals surface area contributed by atoms with Gasteiger partial charge in [-0.05, 0) is 36.8 Å². The minimum atomic E-state index is -0.0986. The van der Waals surface area contributed by atoms with Gasteiger partial charge in [0.2, 0.25) is 5.91 Å². The number of nitrogens with zero attached hydrogens (tertiary/aromatic N) is 3. The molecule has 0 bridgehead atoms. The number of aromatic hydroxyl groups is 1. The number of pyridine rings is 1. The van der Waals surface area contributed by atoms with Gasteiger partial charge in [0, 0.05) is 11.8 Å². The lowest BCUT2D eigenvalue weighted by molar-refractivity contribution is -0.113. The predicted octanol–water partition coefficient (Wildman–Crippen LogP) is 3.06. The summed E-state index contributed by atoms with van der Waals surface area (Å²) < 4.78 is 1.67. The standard InChI is InChI=1S/C18H16N4O2S/c1-11-16-17(12-5-4-6-13(23)9-12)25-10-15(24)20-18(16)22(21-11)14-7-2-3-8-19-14/h2-9,17,23H,10H2,1H3,(H,20,24)/t17-/m1/s1. The summed E-state index contributed by atoms with van der Waals surface area (Å²) >= 11 is 1.52. The molecule has 1 aliphatic heterocycles. The topological polar surface area (TPSA) is 80.0 Å². The van der Waals surface area contributed by atoms with Crippen molar-refractivity contribution in [2.24, 2.45) is 0 Å². The Kier molecular flexibility index (Phi) is 3.93. The Balaban J connectivity index is 1.90. The van der Waals surface area contributed by atoms with Gasteiger partial charge in [0.15, 0.2) is 5.82 Å². The van der Waals surface area contributed by atoms with Crippen LogP contribution in [0.2, 0.25) is 0 Å². The molecule has 25 heavy (non-hydrogen) atoms. The second kappa shape index (κ2) is 6.25. The predicted molar refractivity (Wildman–Crippen MR) is 97.1 cm³/mol. The number of fused-ring (bicyclic) bond motifs is 1. The van der Waals surface area contributed by atoms with Crippen molar-refractivity contribution >= 4 is 23.5 Å². The van der Waals surface area contributed by atoms with Crippen LogP contribution >= 0.6 is 11.8 Å². The average molecular weight is 352 g/mol. The summed E-state index contributed by atoms with van der Waals surface area (Å²) in [6, 6.07) is 12.7. The molecule has 0 unspecified atom stereocenters. The van der Waals surface area contributed by atoms with Crippen LogP contribution in [0.3, 0.4) is 0 Å². The second-order valence-electron chi connectivity index (χ2n) is 5.78. The van der Waals surface area contributed by atoms with Crippen molar-refractivity contribution in [1.29, 1.82) is 0 Å². The summed E-state index contributed by atoms with van der Waals surface area (Å²) in [6.07, 6.45) is 1.69. The maximum atomic E-state index is 12.2. The lowest BCUT2D eigenvalue weighted by atomic mass is 10.0. The molecule has 0 radical (unpaired) electrons. The van der Waals surface area contributed by atoms with Crippen LogP contribution in [-0.2, 0) is 4.79 Å². The molecule has 0 saturated carbocycles. The smallest absolute Gasteiger partial charge is 0.235 e. The second-order valence-corrected chi connectivity index (χ2v) is 6.88. The molecule has 1 aliphatic rings. The van der Waals surface area contributed by atoms with Crippen LogP contribution in [0.5, 0.6) is 5.75 Å². The molecule has 3 aromatic rings. The fourth-order valence-corrected chi connectivity index (χ4v) is 4.16. The van der Waals surface area contributed by atoms with E-state index in [1.54, 1.807) is 23.0 Å². The summed E-state index contributed by atoms with van der Waals surface area (Å²) in [7, 11) is 0. The van der Waals surface area contributed by atoms with Gasteiger partial charge in [0.25, 0.3) is 0 Å². The Morgan fingerprint density at radius 2 is 2.16 bits per heavy atom. The third-order valence-electron chi connectivity index (χ3n) is 4.05. The summed E-state index contributed by atoms with van der Waals surface area (Å²) in [5.41, 5.74) is 2.70. The van der Waals surface area contributed by atoms with Gasteiger partial charge in [-0.25, -0.2) is 4.98 Å². The maximum Gasteiger partial charge on any atom is 0.235 e. The minimum Gasteiger partial charge on any atom is -0.508 e. The fraction of sp³-hybridized carbons (Fsp3) is 0.167. The number of anilines is 1. The number of hydrogen-bond acceptors (Lipinski definition) is 5. The van der Waals surface area contributed by atoms with E-state index >= 15 is 0 Å². The third-order valence-corrected chi connectivity index (χ3v) is 5.32. The molecule has 1 amide bonds. The highest BCUT2D eigenvalue weighted by Crippen LogP contribution is 2.44. The number of aryl methyl sites for hydroxylation is 1. The Labute approximate surface area is 148 Å². The number of carbonyl (C=O) groups excluding carboxylic acids is 1. The SMILES string of the molecule is Cc1nn(-c2ccccn2)c2c1[C@@H](c1cccc(O)c1)SCC(=O)N2. The van der Waals surface area contributed by atoms with Crippen molar-refractivity contribution in [3.05, 3.63) is 65.5 Å². The number of nitrogens with one attached hydrogen (secondary N) is 1. The number of benzene rings is 1. The van der Waals surface area contributed by atoms with Crippen LogP contribution in [0.15, 0.2) is 48.7 Å². The van der Waals surface area contributed by atoms with Crippen LogP contribution < -0.4 is 5.32 Å².